The largest absolute Gasteiger partial charge is 0.317 e. The molecule has 1 aliphatic rings. The van der Waals surface area contributed by atoms with E-state index in [2.05, 4.69) is 54.7 Å². The van der Waals surface area contributed by atoms with Crippen molar-refractivity contribution in [3.8, 4) is 11.1 Å². The van der Waals surface area contributed by atoms with E-state index in [1.807, 2.05) is 7.05 Å². The highest BCUT2D eigenvalue weighted by molar-refractivity contribution is 5.66. The second-order valence-electron chi connectivity index (χ2n) is 6.62. The van der Waals surface area contributed by atoms with Gasteiger partial charge in [0, 0.05) is 6.04 Å². The van der Waals surface area contributed by atoms with Crippen molar-refractivity contribution >= 4 is 0 Å². The van der Waals surface area contributed by atoms with E-state index in [0.29, 0.717) is 6.04 Å². The van der Waals surface area contributed by atoms with Crippen LogP contribution in [0.3, 0.4) is 0 Å². The molecule has 1 heteroatoms. The first kappa shape index (κ1) is 15.3. The first-order valence-corrected chi connectivity index (χ1v) is 8.64. The van der Waals surface area contributed by atoms with Crippen LogP contribution in [-0.4, -0.2) is 13.1 Å². The summed E-state index contributed by atoms with van der Waals surface area (Å²) in [6.45, 7) is 2.24. The highest BCUT2D eigenvalue weighted by atomic mass is 14.8. The summed E-state index contributed by atoms with van der Waals surface area (Å²) >= 11 is 0. The first-order valence-electron chi connectivity index (χ1n) is 8.64. The minimum Gasteiger partial charge on any atom is -0.317 e. The Bertz CT molecular complexity index is 630. The van der Waals surface area contributed by atoms with E-state index in [1.54, 1.807) is 11.1 Å². The quantitative estimate of drug-likeness (QED) is 0.837. The lowest BCUT2D eigenvalue weighted by Gasteiger charge is -2.17. The number of benzene rings is 2. The molecule has 1 aliphatic carbocycles. The van der Waals surface area contributed by atoms with Crippen molar-refractivity contribution in [2.45, 2.75) is 51.5 Å². The van der Waals surface area contributed by atoms with Crippen LogP contribution in [0.15, 0.2) is 42.5 Å². The third kappa shape index (κ3) is 3.59. The SMILES string of the molecule is CNC(C)CCc1cccc(-c2ccc3c(c2)CCCC3)c1. The Balaban J connectivity index is 1.79. The van der Waals surface area contributed by atoms with Crippen LogP contribution in [0.25, 0.3) is 11.1 Å². The second-order valence-corrected chi connectivity index (χ2v) is 6.62. The molecule has 0 radical (unpaired) electrons. The fraction of sp³-hybridized carbons (Fsp3) is 0.429. The maximum atomic E-state index is 3.32. The zero-order valence-corrected chi connectivity index (χ0v) is 13.9. The van der Waals surface area contributed by atoms with Crippen LogP contribution in [-0.2, 0) is 19.3 Å². The minimum atomic E-state index is 0.576. The van der Waals surface area contributed by atoms with E-state index >= 15 is 0 Å². The van der Waals surface area contributed by atoms with Crippen molar-refractivity contribution in [1.29, 1.82) is 0 Å². The number of hydrogen-bond acceptors (Lipinski definition) is 1. The van der Waals surface area contributed by atoms with E-state index in [4.69, 9.17) is 0 Å². The maximum Gasteiger partial charge on any atom is 0.00388 e. The van der Waals surface area contributed by atoms with Crippen LogP contribution in [0.1, 0.15) is 42.9 Å². The van der Waals surface area contributed by atoms with Gasteiger partial charge < -0.3 is 5.32 Å². The molecule has 0 amide bonds. The third-order valence-corrected chi connectivity index (χ3v) is 4.97. The van der Waals surface area contributed by atoms with Crippen molar-refractivity contribution in [1.82, 2.24) is 5.32 Å². The van der Waals surface area contributed by atoms with Crippen LogP contribution in [0.4, 0.5) is 0 Å². The average Bonchev–Trinajstić information content (AvgIpc) is 2.59. The summed E-state index contributed by atoms with van der Waals surface area (Å²) in [6, 6.07) is 16.7. The molecular formula is C21H27N. The van der Waals surface area contributed by atoms with Gasteiger partial charge in [0.05, 0.1) is 0 Å². The van der Waals surface area contributed by atoms with Gasteiger partial charge in [-0.3, -0.25) is 0 Å². The lowest BCUT2D eigenvalue weighted by molar-refractivity contribution is 0.565. The van der Waals surface area contributed by atoms with E-state index in [9.17, 15) is 0 Å². The topological polar surface area (TPSA) is 12.0 Å². The smallest absolute Gasteiger partial charge is 0.00388 e. The lowest BCUT2D eigenvalue weighted by atomic mass is 9.89. The summed E-state index contributed by atoms with van der Waals surface area (Å²) < 4.78 is 0. The molecule has 0 aromatic heterocycles. The van der Waals surface area contributed by atoms with Crippen molar-refractivity contribution in [2.75, 3.05) is 7.05 Å². The highest BCUT2D eigenvalue weighted by Gasteiger charge is 2.10. The average molecular weight is 293 g/mol. The zero-order chi connectivity index (χ0) is 15.4. The van der Waals surface area contributed by atoms with E-state index in [0.717, 1.165) is 6.42 Å². The molecule has 1 nitrogen and oxygen atoms in total. The number of fused-ring (bicyclic) bond motifs is 1. The molecular weight excluding hydrogens is 266 g/mol. The summed E-state index contributed by atoms with van der Waals surface area (Å²) in [7, 11) is 2.04. The fourth-order valence-corrected chi connectivity index (χ4v) is 3.35. The van der Waals surface area contributed by atoms with Gasteiger partial charge in [0.1, 0.15) is 0 Å². The Morgan fingerprint density at radius 1 is 0.955 bits per heavy atom. The Morgan fingerprint density at radius 2 is 1.73 bits per heavy atom. The van der Waals surface area contributed by atoms with E-state index in [-0.39, 0.29) is 0 Å². The molecule has 0 aliphatic heterocycles. The monoisotopic (exact) mass is 293 g/mol. The Hall–Kier alpha value is -1.60. The van der Waals surface area contributed by atoms with Crippen molar-refractivity contribution in [3.05, 3.63) is 59.2 Å². The fourth-order valence-electron chi connectivity index (χ4n) is 3.35. The Kier molecular flexibility index (Phi) is 4.94. The summed E-state index contributed by atoms with van der Waals surface area (Å²) in [5.74, 6) is 0. The molecule has 2 aromatic rings. The van der Waals surface area contributed by atoms with Gasteiger partial charge in [0.15, 0.2) is 0 Å². The summed E-state index contributed by atoms with van der Waals surface area (Å²) in [6.07, 6.45) is 7.54. The molecule has 2 aromatic carbocycles. The van der Waals surface area contributed by atoms with Gasteiger partial charge in [-0.1, -0.05) is 42.5 Å². The molecule has 1 atom stereocenters. The maximum absolute atomic E-state index is 3.32. The molecule has 22 heavy (non-hydrogen) atoms. The van der Waals surface area contributed by atoms with Crippen LogP contribution in [0.2, 0.25) is 0 Å². The molecule has 0 heterocycles. The van der Waals surface area contributed by atoms with Gasteiger partial charge in [0.25, 0.3) is 0 Å². The number of nitrogens with one attached hydrogen (secondary N) is 1. The highest BCUT2D eigenvalue weighted by Crippen LogP contribution is 2.28. The third-order valence-electron chi connectivity index (χ3n) is 4.97. The standard InChI is InChI=1S/C21H27N/c1-16(22-2)10-11-17-6-5-9-19(14-17)21-13-12-18-7-3-4-8-20(18)15-21/h5-6,9,12-16,22H,3-4,7-8,10-11H2,1-2H3. The molecule has 0 spiro atoms. The molecule has 3 rings (SSSR count). The number of aryl methyl sites for hydroxylation is 3. The Labute approximate surface area is 134 Å². The number of hydrogen-bond donors (Lipinski definition) is 1. The predicted octanol–water partition coefficient (Wildman–Crippen LogP) is 4.77. The van der Waals surface area contributed by atoms with Crippen molar-refractivity contribution in [3.63, 3.8) is 0 Å². The minimum absolute atomic E-state index is 0.576. The molecule has 0 fully saturated rings. The summed E-state index contributed by atoms with van der Waals surface area (Å²) in [5, 5.41) is 3.32. The van der Waals surface area contributed by atoms with Crippen LogP contribution >= 0.6 is 0 Å². The van der Waals surface area contributed by atoms with Gasteiger partial charge >= 0.3 is 0 Å². The van der Waals surface area contributed by atoms with Crippen molar-refractivity contribution < 1.29 is 0 Å². The summed E-state index contributed by atoms with van der Waals surface area (Å²) in [5.41, 5.74) is 7.32. The molecule has 0 saturated carbocycles. The van der Waals surface area contributed by atoms with E-state index in [1.165, 1.54) is 48.8 Å². The molecule has 0 saturated heterocycles. The first-order chi connectivity index (χ1) is 10.8. The molecule has 1 unspecified atom stereocenters. The molecule has 0 bridgehead atoms. The zero-order valence-electron chi connectivity index (χ0n) is 13.9. The van der Waals surface area contributed by atoms with Gasteiger partial charge in [-0.25, -0.2) is 0 Å². The number of rotatable bonds is 5. The molecule has 1 N–H and O–H groups in total. The van der Waals surface area contributed by atoms with Gasteiger partial charge in [-0.05, 0) is 80.3 Å². The molecule has 116 valence electrons. The van der Waals surface area contributed by atoms with Crippen molar-refractivity contribution in [2.24, 2.45) is 0 Å². The van der Waals surface area contributed by atoms with Gasteiger partial charge in [0.2, 0.25) is 0 Å². The van der Waals surface area contributed by atoms with E-state index < -0.39 is 0 Å². The van der Waals surface area contributed by atoms with Crippen LogP contribution < -0.4 is 5.32 Å². The second kappa shape index (κ2) is 7.11. The van der Waals surface area contributed by atoms with Gasteiger partial charge in [-0.15, -0.1) is 0 Å². The predicted molar refractivity (Wildman–Crippen MR) is 95.4 cm³/mol. The van der Waals surface area contributed by atoms with Crippen LogP contribution in [0.5, 0.6) is 0 Å². The summed E-state index contributed by atoms with van der Waals surface area (Å²) in [4.78, 5) is 0. The normalized spacial score (nSPS) is 15.4. The van der Waals surface area contributed by atoms with Crippen LogP contribution in [0, 0.1) is 0 Å². The van der Waals surface area contributed by atoms with Gasteiger partial charge in [-0.2, -0.15) is 0 Å². The Morgan fingerprint density at radius 3 is 2.55 bits per heavy atom. The lowest BCUT2D eigenvalue weighted by Crippen LogP contribution is -2.21.